The van der Waals surface area contributed by atoms with Gasteiger partial charge in [0.15, 0.2) is 0 Å². The van der Waals surface area contributed by atoms with Crippen molar-refractivity contribution in [1.82, 2.24) is 10.2 Å². The molecule has 0 unspecified atom stereocenters. The Balaban J connectivity index is 1.78. The third-order valence-electron chi connectivity index (χ3n) is 4.65. The van der Waals surface area contributed by atoms with E-state index < -0.39 is 0 Å². The number of halogens is 2. The van der Waals surface area contributed by atoms with Crippen molar-refractivity contribution < 1.29 is 4.39 Å². The van der Waals surface area contributed by atoms with E-state index in [2.05, 4.69) is 10.2 Å². The summed E-state index contributed by atoms with van der Waals surface area (Å²) in [6.07, 6.45) is 3.49. The molecule has 2 aromatic rings. The number of hydrogen-bond donors (Lipinski definition) is 1. The molecule has 0 spiro atoms. The number of H-pyrrole nitrogens is 1. The first kappa shape index (κ1) is 15.2. The van der Waals surface area contributed by atoms with Crippen LogP contribution < -0.4 is 5.56 Å². The van der Waals surface area contributed by atoms with E-state index >= 15 is 0 Å². The Kier molecular flexibility index (Phi) is 4.30. The summed E-state index contributed by atoms with van der Waals surface area (Å²) in [6.45, 7) is 1.96. The molecule has 0 bridgehead atoms. The van der Waals surface area contributed by atoms with Gasteiger partial charge in [0.05, 0.1) is 0 Å². The molecule has 5 heteroatoms. The molecular weight excluding hydrogens is 303 g/mol. The molecule has 0 radical (unpaired) electrons. The quantitative estimate of drug-likeness (QED) is 0.896. The lowest BCUT2D eigenvalue weighted by atomic mass is 9.75. The van der Waals surface area contributed by atoms with E-state index in [4.69, 9.17) is 11.6 Å². The number of aromatic nitrogens is 2. The van der Waals surface area contributed by atoms with Crippen LogP contribution in [0.5, 0.6) is 0 Å². The lowest BCUT2D eigenvalue weighted by Gasteiger charge is -2.29. The van der Waals surface area contributed by atoms with Crippen LogP contribution in [0.3, 0.4) is 0 Å². The molecule has 1 aliphatic rings. The largest absolute Gasteiger partial charge is 0.268 e. The summed E-state index contributed by atoms with van der Waals surface area (Å²) in [5, 5.41) is 6.43. The molecule has 1 heterocycles. The van der Waals surface area contributed by atoms with Crippen molar-refractivity contribution >= 4 is 11.6 Å². The van der Waals surface area contributed by atoms with Crippen LogP contribution in [-0.2, 0) is 0 Å². The Bertz CT molecular complexity index is 715. The van der Waals surface area contributed by atoms with Gasteiger partial charge in [-0.05, 0) is 67.7 Å². The maximum Gasteiger partial charge on any atom is 0.267 e. The van der Waals surface area contributed by atoms with Crippen molar-refractivity contribution in [3.63, 3.8) is 0 Å². The van der Waals surface area contributed by atoms with Crippen molar-refractivity contribution in [2.24, 2.45) is 0 Å². The predicted octanol–water partition coefficient (Wildman–Crippen LogP) is 4.31. The summed E-state index contributed by atoms with van der Waals surface area (Å²) >= 11 is 5.87. The van der Waals surface area contributed by atoms with E-state index in [-0.39, 0.29) is 23.2 Å². The molecule has 1 fully saturated rings. The Morgan fingerprint density at radius 2 is 1.91 bits per heavy atom. The highest BCUT2D eigenvalue weighted by Crippen LogP contribution is 2.41. The summed E-state index contributed by atoms with van der Waals surface area (Å²) in [5.74, 6) is 0.287. The van der Waals surface area contributed by atoms with Crippen molar-refractivity contribution in [2.45, 2.75) is 44.4 Å². The number of aromatic amines is 1. The first-order chi connectivity index (χ1) is 10.6. The molecule has 3 rings (SSSR count). The molecule has 116 valence electrons. The monoisotopic (exact) mass is 320 g/mol. The first-order valence-electron chi connectivity index (χ1n) is 7.56. The smallest absolute Gasteiger partial charge is 0.267 e. The SMILES string of the molecule is Cc1cccc(F)c1C1CCC(c2cc(Cl)n[nH]c2=O)CC1. The number of rotatable bonds is 2. The standard InChI is InChI=1S/C17H18ClFN2O/c1-10-3-2-4-14(19)16(10)12-7-5-11(6-8-12)13-9-15(18)20-21-17(13)22/h2-4,9,11-12H,5-8H2,1H3,(H,21,22). The predicted molar refractivity (Wildman–Crippen MR) is 85.0 cm³/mol. The minimum Gasteiger partial charge on any atom is -0.268 e. The van der Waals surface area contributed by atoms with Gasteiger partial charge in [-0.1, -0.05) is 23.7 Å². The van der Waals surface area contributed by atoms with Gasteiger partial charge in [-0.2, -0.15) is 5.10 Å². The zero-order valence-corrected chi connectivity index (χ0v) is 13.2. The molecule has 22 heavy (non-hydrogen) atoms. The van der Waals surface area contributed by atoms with E-state index in [9.17, 15) is 9.18 Å². The maximum atomic E-state index is 14.1. The molecule has 0 aliphatic heterocycles. The third kappa shape index (κ3) is 2.93. The van der Waals surface area contributed by atoms with Crippen LogP contribution in [0, 0.1) is 12.7 Å². The van der Waals surface area contributed by atoms with Gasteiger partial charge >= 0.3 is 0 Å². The second-order valence-corrected chi connectivity index (χ2v) is 6.38. The summed E-state index contributed by atoms with van der Waals surface area (Å²) in [5.41, 5.74) is 2.37. The van der Waals surface area contributed by atoms with Crippen LogP contribution in [0.2, 0.25) is 5.15 Å². The van der Waals surface area contributed by atoms with E-state index in [1.807, 2.05) is 13.0 Å². The minimum atomic E-state index is -0.171. The zero-order valence-electron chi connectivity index (χ0n) is 12.4. The molecule has 1 saturated carbocycles. The van der Waals surface area contributed by atoms with E-state index in [0.717, 1.165) is 36.8 Å². The zero-order chi connectivity index (χ0) is 15.7. The number of nitrogens with zero attached hydrogens (tertiary/aromatic N) is 1. The lowest BCUT2D eigenvalue weighted by Crippen LogP contribution is -2.21. The lowest BCUT2D eigenvalue weighted by molar-refractivity contribution is 0.384. The number of hydrogen-bond acceptors (Lipinski definition) is 2. The van der Waals surface area contributed by atoms with Gasteiger partial charge in [0.2, 0.25) is 0 Å². The van der Waals surface area contributed by atoms with Gasteiger partial charge in [-0.3, -0.25) is 4.79 Å². The van der Waals surface area contributed by atoms with Crippen LogP contribution in [0.15, 0.2) is 29.1 Å². The molecule has 1 N–H and O–H groups in total. The normalized spacial score (nSPS) is 21.8. The topological polar surface area (TPSA) is 45.8 Å². The molecule has 1 aromatic heterocycles. The molecule has 0 saturated heterocycles. The minimum absolute atomic E-state index is 0.117. The van der Waals surface area contributed by atoms with Crippen LogP contribution in [0.25, 0.3) is 0 Å². The maximum absolute atomic E-state index is 14.1. The van der Waals surface area contributed by atoms with Crippen LogP contribution in [-0.4, -0.2) is 10.2 Å². The van der Waals surface area contributed by atoms with Crippen molar-refractivity contribution in [2.75, 3.05) is 0 Å². The molecule has 0 atom stereocenters. The number of aryl methyl sites for hydroxylation is 1. The average molecular weight is 321 g/mol. The van der Waals surface area contributed by atoms with Gasteiger partial charge in [0, 0.05) is 5.56 Å². The van der Waals surface area contributed by atoms with Crippen LogP contribution >= 0.6 is 11.6 Å². The molecule has 0 amide bonds. The second kappa shape index (κ2) is 6.21. The van der Waals surface area contributed by atoms with Gasteiger partial charge in [-0.15, -0.1) is 0 Å². The highest BCUT2D eigenvalue weighted by Gasteiger charge is 2.27. The van der Waals surface area contributed by atoms with Gasteiger partial charge < -0.3 is 0 Å². The van der Waals surface area contributed by atoms with Crippen molar-refractivity contribution in [3.8, 4) is 0 Å². The molecule has 1 aromatic carbocycles. The summed E-state index contributed by atoms with van der Waals surface area (Å²) in [4.78, 5) is 11.9. The highest BCUT2D eigenvalue weighted by atomic mass is 35.5. The Morgan fingerprint density at radius 1 is 1.23 bits per heavy atom. The Hall–Kier alpha value is -1.68. The second-order valence-electron chi connectivity index (χ2n) is 5.99. The third-order valence-corrected chi connectivity index (χ3v) is 4.84. The number of nitrogens with one attached hydrogen (secondary N) is 1. The van der Waals surface area contributed by atoms with Gasteiger partial charge in [-0.25, -0.2) is 9.49 Å². The average Bonchev–Trinajstić information content (AvgIpc) is 2.50. The fraction of sp³-hybridized carbons (Fsp3) is 0.412. The fourth-order valence-electron chi connectivity index (χ4n) is 3.55. The molecule has 3 nitrogen and oxygen atoms in total. The summed E-state index contributed by atoms with van der Waals surface area (Å²) in [7, 11) is 0. The Morgan fingerprint density at radius 3 is 2.59 bits per heavy atom. The first-order valence-corrected chi connectivity index (χ1v) is 7.94. The molecule has 1 aliphatic carbocycles. The van der Waals surface area contributed by atoms with Crippen LogP contribution in [0.4, 0.5) is 4.39 Å². The van der Waals surface area contributed by atoms with Crippen LogP contribution in [0.1, 0.15) is 54.2 Å². The summed E-state index contributed by atoms with van der Waals surface area (Å²) < 4.78 is 14.1. The fourth-order valence-corrected chi connectivity index (χ4v) is 3.71. The summed E-state index contributed by atoms with van der Waals surface area (Å²) in [6, 6.07) is 6.89. The number of benzene rings is 1. The highest BCUT2D eigenvalue weighted by molar-refractivity contribution is 6.29. The Labute approximate surface area is 133 Å². The van der Waals surface area contributed by atoms with Gasteiger partial charge in [0.1, 0.15) is 11.0 Å². The van der Waals surface area contributed by atoms with E-state index in [1.54, 1.807) is 12.1 Å². The van der Waals surface area contributed by atoms with E-state index in [1.165, 1.54) is 6.07 Å². The van der Waals surface area contributed by atoms with Crippen molar-refractivity contribution in [1.29, 1.82) is 0 Å². The van der Waals surface area contributed by atoms with Gasteiger partial charge in [0.25, 0.3) is 5.56 Å². The van der Waals surface area contributed by atoms with Crippen molar-refractivity contribution in [3.05, 3.63) is 62.3 Å². The van der Waals surface area contributed by atoms with E-state index in [0.29, 0.717) is 10.7 Å². The molecular formula is C17H18ClFN2O.